The topological polar surface area (TPSA) is 46.8 Å². The number of nitrogens with zero attached hydrogens (tertiary/aromatic N) is 5. The Hall–Kier alpha value is -2.18. The van der Waals surface area contributed by atoms with Gasteiger partial charge in [0.05, 0.1) is 22.1 Å². The standard InChI is InChI=1S/C18H16ClN5S/c19-18-21-16(23-8-3-4-9-23)12-7-10-24(17(12)22-18)11-15-20-13-5-1-2-6-14(13)25-15/h1-2,5-7,10H,3-4,8-9,11H2. The van der Waals surface area contributed by atoms with Gasteiger partial charge in [-0.1, -0.05) is 12.1 Å². The molecule has 0 amide bonds. The maximum Gasteiger partial charge on any atom is 0.226 e. The third-order valence-electron chi connectivity index (χ3n) is 4.62. The molecule has 4 heterocycles. The van der Waals surface area contributed by atoms with E-state index in [1.807, 2.05) is 18.2 Å². The molecule has 1 fully saturated rings. The number of hydrogen-bond donors (Lipinski definition) is 0. The molecule has 1 aliphatic heterocycles. The lowest BCUT2D eigenvalue weighted by Crippen LogP contribution is -2.19. The number of hydrogen-bond acceptors (Lipinski definition) is 5. The molecular formula is C18H16ClN5S. The van der Waals surface area contributed by atoms with Gasteiger partial charge in [-0.05, 0) is 42.6 Å². The minimum absolute atomic E-state index is 0.304. The molecule has 126 valence electrons. The molecule has 25 heavy (non-hydrogen) atoms. The van der Waals surface area contributed by atoms with Gasteiger partial charge in [-0.2, -0.15) is 9.97 Å². The van der Waals surface area contributed by atoms with Gasteiger partial charge in [0, 0.05) is 19.3 Å². The average Bonchev–Trinajstić information content (AvgIpc) is 3.34. The van der Waals surface area contributed by atoms with Crippen molar-refractivity contribution in [1.29, 1.82) is 0 Å². The summed E-state index contributed by atoms with van der Waals surface area (Å²) in [5, 5.41) is 2.43. The largest absolute Gasteiger partial charge is 0.356 e. The fourth-order valence-electron chi connectivity index (χ4n) is 3.45. The third-order valence-corrected chi connectivity index (χ3v) is 5.81. The Kier molecular flexibility index (Phi) is 3.60. The van der Waals surface area contributed by atoms with Gasteiger partial charge in [0.2, 0.25) is 5.28 Å². The second-order valence-corrected chi connectivity index (χ2v) is 7.72. The molecule has 0 saturated carbocycles. The lowest BCUT2D eigenvalue weighted by molar-refractivity contribution is 0.817. The van der Waals surface area contributed by atoms with E-state index in [0.717, 1.165) is 40.5 Å². The summed E-state index contributed by atoms with van der Waals surface area (Å²) < 4.78 is 3.32. The van der Waals surface area contributed by atoms with E-state index in [1.165, 1.54) is 17.5 Å². The van der Waals surface area contributed by atoms with Crippen molar-refractivity contribution < 1.29 is 0 Å². The molecule has 1 aliphatic rings. The van der Waals surface area contributed by atoms with E-state index >= 15 is 0 Å². The Bertz CT molecular complexity index is 1030. The molecule has 5 nitrogen and oxygen atoms in total. The summed E-state index contributed by atoms with van der Waals surface area (Å²) in [5.74, 6) is 0.954. The molecule has 0 N–H and O–H groups in total. The van der Waals surface area contributed by atoms with Crippen molar-refractivity contribution in [3.05, 3.63) is 46.8 Å². The summed E-state index contributed by atoms with van der Waals surface area (Å²) in [5.41, 5.74) is 1.92. The Morgan fingerprint density at radius 2 is 1.88 bits per heavy atom. The molecule has 4 aromatic rings. The number of benzene rings is 1. The summed E-state index contributed by atoms with van der Waals surface area (Å²) in [6.45, 7) is 2.76. The number of rotatable bonds is 3. The molecule has 0 spiro atoms. The summed E-state index contributed by atoms with van der Waals surface area (Å²) in [6.07, 6.45) is 4.46. The lowest BCUT2D eigenvalue weighted by Gasteiger charge is -2.17. The normalized spacial score (nSPS) is 14.8. The molecule has 0 bridgehead atoms. The Morgan fingerprint density at radius 3 is 2.72 bits per heavy atom. The maximum atomic E-state index is 6.22. The fraction of sp³-hybridized carbons (Fsp3) is 0.278. The van der Waals surface area contributed by atoms with Crippen molar-refractivity contribution in [3.63, 3.8) is 0 Å². The molecule has 0 atom stereocenters. The molecule has 1 aromatic carbocycles. The van der Waals surface area contributed by atoms with Crippen LogP contribution < -0.4 is 4.90 Å². The molecule has 0 aliphatic carbocycles. The van der Waals surface area contributed by atoms with Gasteiger partial charge in [-0.25, -0.2) is 4.98 Å². The summed E-state index contributed by atoms with van der Waals surface area (Å²) in [7, 11) is 0. The van der Waals surface area contributed by atoms with Crippen LogP contribution in [0.2, 0.25) is 5.28 Å². The summed E-state index contributed by atoms with van der Waals surface area (Å²) >= 11 is 7.94. The van der Waals surface area contributed by atoms with Crippen molar-refractivity contribution in [3.8, 4) is 0 Å². The first kappa shape index (κ1) is 15.1. The van der Waals surface area contributed by atoms with Gasteiger partial charge in [0.15, 0.2) is 0 Å². The van der Waals surface area contributed by atoms with Crippen LogP contribution in [-0.2, 0) is 6.54 Å². The van der Waals surface area contributed by atoms with Crippen molar-refractivity contribution in [2.45, 2.75) is 19.4 Å². The number of anilines is 1. The predicted molar refractivity (Wildman–Crippen MR) is 103 cm³/mol. The average molecular weight is 370 g/mol. The molecule has 7 heteroatoms. The Labute approximate surface area is 153 Å². The first-order valence-corrected chi connectivity index (χ1v) is 9.59. The maximum absolute atomic E-state index is 6.22. The molecule has 0 unspecified atom stereocenters. The molecular weight excluding hydrogens is 354 g/mol. The van der Waals surface area contributed by atoms with Gasteiger partial charge in [-0.3, -0.25) is 0 Å². The van der Waals surface area contributed by atoms with Gasteiger partial charge in [0.1, 0.15) is 16.5 Å². The van der Waals surface area contributed by atoms with Crippen LogP contribution >= 0.6 is 22.9 Å². The van der Waals surface area contributed by atoms with E-state index in [2.05, 4.69) is 37.8 Å². The zero-order chi connectivity index (χ0) is 16.8. The van der Waals surface area contributed by atoms with Crippen LogP contribution in [0.3, 0.4) is 0 Å². The van der Waals surface area contributed by atoms with Gasteiger partial charge >= 0.3 is 0 Å². The van der Waals surface area contributed by atoms with Crippen LogP contribution in [0.5, 0.6) is 0 Å². The summed E-state index contributed by atoms with van der Waals surface area (Å²) in [4.78, 5) is 16.0. The fourth-order valence-corrected chi connectivity index (χ4v) is 4.58. The van der Waals surface area contributed by atoms with Crippen LogP contribution in [0, 0.1) is 0 Å². The number of thiazole rings is 1. The van der Waals surface area contributed by atoms with Crippen LogP contribution in [0.4, 0.5) is 5.82 Å². The van der Waals surface area contributed by atoms with Crippen LogP contribution in [0.15, 0.2) is 36.5 Å². The number of fused-ring (bicyclic) bond motifs is 2. The second-order valence-electron chi connectivity index (χ2n) is 6.27. The lowest BCUT2D eigenvalue weighted by atomic mass is 10.3. The SMILES string of the molecule is Clc1nc(N2CCCC2)c2ccn(Cc3nc4ccccc4s3)c2n1. The van der Waals surface area contributed by atoms with Crippen molar-refractivity contribution in [1.82, 2.24) is 19.5 Å². The summed E-state index contributed by atoms with van der Waals surface area (Å²) in [6, 6.07) is 10.3. The first-order valence-electron chi connectivity index (χ1n) is 8.40. The zero-order valence-electron chi connectivity index (χ0n) is 13.5. The van der Waals surface area contributed by atoms with Gasteiger partial charge < -0.3 is 9.47 Å². The molecule has 5 rings (SSSR count). The van der Waals surface area contributed by atoms with Gasteiger partial charge in [0.25, 0.3) is 0 Å². The third kappa shape index (κ3) is 2.65. The Morgan fingerprint density at radius 1 is 1.04 bits per heavy atom. The minimum atomic E-state index is 0.304. The van der Waals surface area contributed by atoms with Crippen LogP contribution in [0.25, 0.3) is 21.3 Å². The smallest absolute Gasteiger partial charge is 0.226 e. The van der Waals surface area contributed by atoms with Crippen molar-refractivity contribution in [2.24, 2.45) is 0 Å². The van der Waals surface area contributed by atoms with Crippen LogP contribution in [0.1, 0.15) is 17.8 Å². The number of para-hydroxylation sites is 1. The van der Waals surface area contributed by atoms with E-state index < -0.39 is 0 Å². The highest BCUT2D eigenvalue weighted by Gasteiger charge is 2.20. The highest BCUT2D eigenvalue weighted by Crippen LogP contribution is 2.30. The van der Waals surface area contributed by atoms with Crippen LogP contribution in [-0.4, -0.2) is 32.6 Å². The molecule has 3 aromatic heterocycles. The Balaban J connectivity index is 1.57. The zero-order valence-corrected chi connectivity index (χ0v) is 15.1. The molecule has 0 radical (unpaired) electrons. The van der Waals surface area contributed by atoms with Crippen molar-refractivity contribution in [2.75, 3.05) is 18.0 Å². The predicted octanol–water partition coefficient (Wildman–Crippen LogP) is 4.34. The second kappa shape index (κ2) is 5.97. The first-order chi connectivity index (χ1) is 12.3. The minimum Gasteiger partial charge on any atom is -0.356 e. The number of aromatic nitrogens is 4. The van der Waals surface area contributed by atoms with E-state index in [1.54, 1.807) is 11.3 Å². The van der Waals surface area contributed by atoms with Crippen molar-refractivity contribution >= 4 is 50.0 Å². The van der Waals surface area contributed by atoms with E-state index in [0.29, 0.717) is 11.8 Å². The number of halogens is 1. The molecule has 1 saturated heterocycles. The quantitative estimate of drug-likeness (QED) is 0.504. The van der Waals surface area contributed by atoms with E-state index in [9.17, 15) is 0 Å². The van der Waals surface area contributed by atoms with E-state index in [4.69, 9.17) is 16.6 Å². The van der Waals surface area contributed by atoms with E-state index in [-0.39, 0.29) is 0 Å². The highest BCUT2D eigenvalue weighted by molar-refractivity contribution is 7.18. The van der Waals surface area contributed by atoms with Gasteiger partial charge in [-0.15, -0.1) is 11.3 Å². The highest BCUT2D eigenvalue weighted by atomic mass is 35.5. The monoisotopic (exact) mass is 369 g/mol.